The molecule has 0 fully saturated rings. The molecule has 0 aromatic carbocycles. The lowest BCUT2D eigenvalue weighted by molar-refractivity contribution is -0.128. The number of halogens is 2. The number of aliphatic hydroxyl groups is 1. The summed E-state index contributed by atoms with van der Waals surface area (Å²) >= 11 is 0. The van der Waals surface area contributed by atoms with Crippen LogP contribution in [0, 0.1) is 0 Å². The third-order valence-corrected chi connectivity index (χ3v) is 2.30. The number of aromatic nitrogens is 2. The molecular formula is C11H15F2N3O2. The summed E-state index contributed by atoms with van der Waals surface area (Å²) in [6.45, 7) is -1.15. The summed E-state index contributed by atoms with van der Waals surface area (Å²) in [4.78, 5) is 12.5. The van der Waals surface area contributed by atoms with E-state index in [1.807, 2.05) is 0 Å². The lowest BCUT2D eigenvalue weighted by atomic mass is 10.3. The Morgan fingerprint density at radius 2 is 2.39 bits per heavy atom. The molecule has 0 radical (unpaired) electrons. The maximum Gasteiger partial charge on any atom is 0.255 e. The highest BCUT2D eigenvalue weighted by Crippen LogP contribution is 2.03. The van der Waals surface area contributed by atoms with Crippen molar-refractivity contribution in [2.75, 3.05) is 19.7 Å². The lowest BCUT2D eigenvalue weighted by Gasteiger charge is -2.19. The molecule has 100 valence electrons. The first-order chi connectivity index (χ1) is 8.54. The first-order valence-corrected chi connectivity index (χ1v) is 5.38. The topological polar surface area (TPSA) is 58.4 Å². The van der Waals surface area contributed by atoms with Crippen molar-refractivity contribution in [1.82, 2.24) is 14.7 Å². The molecule has 0 atom stereocenters. The van der Waals surface area contributed by atoms with Gasteiger partial charge in [0.2, 0.25) is 5.91 Å². The normalized spacial score (nSPS) is 11.4. The van der Waals surface area contributed by atoms with Crippen LogP contribution in [0.1, 0.15) is 5.69 Å². The Balaban J connectivity index is 2.66. The van der Waals surface area contributed by atoms with Gasteiger partial charge in [-0.1, -0.05) is 0 Å². The minimum Gasteiger partial charge on any atom is -0.395 e. The van der Waals surface area contributed by atoms with Crippen LogP contribution >= 0.6 is 0 Å². The van der Waals surface area contributed by atoms with E-state index in [9.17, 15) is 13.6 Å². The lowest BCUT2D eigenvalue weighted by Crippen LogP contribution is -2.36. The van der Waals surface area contributed by atoms with E-state index in [-0.39, 0.29) is 13.2 Å². The van der Waals surface area contributed by atoms with Gasteiger partial charge in [0.1, 0.15) is 0 Å². The second kappa shape index (κ2) is 6.85. The number of aryl methyl sites for hydroxylation is 1. The Morgan fingerprint density at radius 3 is 2.89 bits per heavy atom. The predicted octanol–water partition coefficient (Wildman–Crippen LogP) is 0.519. The quantitative estimate of drug-likeness (QED) is 0.758. The van der Waals surface area contributed by atoms with Gasteiger partial charge in [-0.25, -0.2) is 8.78 Å². The highest BCUT2D eigenvalue weighted by Gasteiger charge is 2.15. The molecule has 1 rings (SSSR count). The molecule has 0 saturated carbocycles. The Kier molecular flexibility index (Phi) is 5.44. The number of nitrogens with zero attached hydrogens (tertiary/aromatic N) is 3. The zero-order valence-electron chi connectivity index (χ0n) is 9.96. The average Bonchev–Trinajstić information content (AvgIpc) is 2.70. The number of hydrogen-bond acceptors (Lipinski definition) is 3. The van der Waals surface area contributed by atoms with Crippen molar-refractivity contribution < 1.29 is 18.7 Å². The summed E-state index contributed by atoms with van der Waals surface area (Å²) in [6, 6.07) is 1.69. The minimum absolute atomic E-state index is 0.112. The maximum atomic E-state index is 12.2. The summed E-state index contributed by atoms with van der Waals surface area (Å²) < 4.78 is 26.0. The van der Waals surface area contributed by atoms with Crippen molar-refractivity contribution in [3.8, 4) is 0 Å². The Labute approximate surface area is 103 Å². The molecule has 1 aromatic heterocycles. The smallest absolute Gasteiger partial charge is 0.255 e. The number of amides is 1. The standard InChI is InChI=1S/C11H15F2N3O2/c1-15-9(4-5-14-15)2-3-11(18)16(6-7-17)8-10(12)13/h2-5,10,17H,6-8H2,1H3/b3-2+. The highest BCUT2D eigenvalue weighted by atomic mass is 19.3. The largest absolute Gasteiger partial charge is 0.395 e. The van der Waals surface area contributed by atoms with Crippen LogP contribution < -0.4 is 0 Å². The second-order valence-corrected chi connectivity index (χ2v) is 3.61. The van der Waals surface area contributed by atoms with Gasteiger partial charge < -0.3 is 10.0 Å². The number of carbonyl (C=O) groups is 1. The van der Waals surface area contributed by atoms with E-state index in [1.165, 1.54) is 12.2 Å². The van der Waals surface area contributed by atoms with Crippen molar-refractivity contribution in [1.29, 1.82) is 0 Å². The van der Waals surface area contributed by atoms with Gasteiger partial charge in [0.05, 0.1) is 18.8 Å². The predicted molar refractivity (Wildman–Crippen MR) is 61.9 cm³/mol. The number of rotatable bonds is 6. The molecule has 5 nitrogen and oxygen atoms in total. The molecule has 0 saturated heterocycles. The van der Waals surface area contributed by atoms with Gasteiger partial charge in [0.15, 0.2) is 0 Å². The molecule has 1 amide bonds. The Morgan fingerprint density at radius 1 is 1.67 bits per heavy atom. The van der Waals surface area contributed by atoms with E-state index in [0.717, 1.165) is 4.90 Å². The number of carbonyl (C=O) groups excluding carboxylic acids is 1. The summed E-state index contributed by atoms with van der Waals surface area (Å²) in [7, 11) is 1.70. The maximum absolute atomic E-state index is 12.2. The van der Waals surface area contributed by atoms with Gasteiger partial charge >= 0.3 is 0 Å². The monoisotopic (exact) mass is 259 g/mol. The zero-order chi connectivity index (χ0) is 13.5. The molecule has 0 bridgehead atoms. The average molecular weight is 259 g/mol. The van der Waals surface area contributed by atoms with Gasteiger partial charge in [-0.3, -0.25) is 9.48 Å². The van der Waals surface area contributed by atoms with E-state index in [4.69, 9.17) is 5.11 Å². The van der Waals surface area contributed by atoms with Crippen molar-refractivity contribution in [2.45, 2.75) is 6.43 Å². The molecule has 0 spiro atoms. The zero-order valence-corrected chi connectivity index (χ0v) is 9.96. The van der Waals surface area contributed by atoms with E-state index in [2.05, 4.69) is 5.10 Å². The van der Waals surface area contributed by atoms with Crippen LogP contribution in [0.15, 0.2) is 18.3 Å². The molecule has 0 aliphatic heterocycles. The SMILES string of the molecule is Cn1nccc1/C=C/C(=O)N(CCO)CC(F)F. The molecule has 7 heteroatoms. The van der Waals surface area contributed by atoms with E-state index >= 15 is 0 Å². The summed E-state index contributed by atoms with van der Waals surface area (Å²) in [6.07, 6.45) is 1.63. The van der Waals surface area contributed by atoms with Crippen LogP contribution in [0.25, 0.3) is 6.08 Å². The molecule has 0 aliphatic carbocycles. The van der Waals surface area contributed by atoms with Crippen LogP contribution in [0.4, 0.5) is 8.78 Å². The van der Waals surface area contributed by atoms with Crippen molar-refractivity contribution in [2.24, 2.45) is 7.05 Å². The first-order valence-electron chi connectivity index (χ1n) is 5.38. The first kappa shape index (κ1) is 14.3. The number of hydrogen-bond donors (Lipinski definition) is 1. The highest BCUT2D eigenvalue weighted by molar-refractivity contribution is 5.91. The third kappa shape index (κ3) is 4.25. The van der Waals surface area contributed by atoms with E-state index < -0.39 is 18.9 Å². The molecule has 0 unspecified atom stereocenters. The van der Waals surface area contributed by atoms with Crippen LogP contribution in [0.3, 0.4) is 0 Å². The summed E-state index contributed by atoms with van der Waals surface area (Å²) in [5.41, 5.74) is 0.685. The second-order valence-electron chi connectivity index (χ2n) is 3.61. The summed E-state index contributed by atoms with van der Waals surface area (Å²) in [5.74, 6) is -0.564. The minimum atomic E-state index is -2.62. The van der Waals surface area contributed by atoms with Crippen LogP contribution in [0.2, 0.25) is 0 Å². The fourth-order valence-corrected chi connectivity index (χ4v) is 1.39. The third-order valence-electron chi connectivity index (χ3n) is 2.30. The van der Waals surface area contributed by atoms with Gasteiger partial charge in [-0.05, 0) is 12.1 Å². The molecule has 1 N–H and O–H groups in total. The fraction of sp³-hybridized carbons (Fsp3) is 0.455. The Bertz CT molecular complexity index is 418. The van der Waals surface area contributed by atoms with Crippen molar-refractivity contribution >= 4 is 12.0 Å². The van der Waals surface area contributed by atoms with Crippen LogP contribution in [0.5, 0.6) is 0 Å². The van der Waals surface area contributed by atoms with E-state index in [0.29, 0.717) is 5.69 Å². The molecule has 1 heterocycles. The molecular weight excluding hydrogens is 244 g/mol. The Hall–Kier alpha value is -1.76. The van der Waals surface area contributed by atoms with Crippen LogP contribution in [-0.4, -0.2) is 51.8 Å². The number of aliphatic hydroxyl groups excluding tert-OH is 1. The molecule has 18 heavy (non-hydrogen) atoms. The van der Waals surface area contributed by atoms with E-state index in [1.54, 1.807) is 24.0 Å². The van der Waals surface area contributed by atoms with Gasteiger partial charge in [-0.15, -0.1) is 0 Å². The molecule has 1 aromatic rings. The van der Waals surface area contributed by atoms with Gasteiger partial charge in [-0.2, -0.15) is 5.10 Å². The van der Waals surface area contributed by atoms with Crippen molar-refractivity contribution in [3.63, 3.8) is 0 Å². The molecule has 0 aliphatic rings. The van der Waals surface area contributed by atoms with Crippen molar-refractivity contribution in [3.05, 3.63) is 24.0 Å². The fourth-order valence-electron chi connectivity index (χ4n) is 1.39. The van der Waals surface area contributed by atoms with Crippen LogP contribution in [-0.2, 0) is 11.8 Å². The summed E-state index contributed by atoms with van der Waals surface area (Å²) in [5, 5.41) is 12.6. The van der Waals surface area contributed by atoms with Gasteiger partial charge in [0.25, 0.3) is 6.43 Å². The number of alkyl halides is 2. The van der Waals surface area contributed by atoms with Gasteiger partial charge in [0, 0.05) is 25.9 Å².